The van der Waals surface area contributed by atoms with Crippen LogP contribution in [0.25, 0.3) is 5.69 Å². The number of nitrogens with one attached hydrogen (secondary N) is 1. The maximum absolute atomic E-state index is 12.7. The SMILES string of the molecule is CCNC(=O)CN1CCN(C(=O)c2ccc(-n3cccc3)cc2)CC1. The molecule has 0 unspecified atom stereocenters. The largest absolute Gasteiger partial charge is 0.355 e. The first-order valence-corrected chi connectivity index (χ1v) is 8.69. The van der Waals surface area contributed by atoms with Gasteiger partial charge in [0.1, 0.15) is 0 Å². The normalized spacial score (nSPS) is 15.2. The zero-order chi connectivity index (χ0) is 17.6. The van der Waals surface area contributed by atoms with Gasteiger partial charge in [0.15, 0.2) is 0 Å². The van der Waals surface area contributed by atoms with Gasteiger partial charge in [-0.05, 0) is 43.3 Å². The summed E-state index contributed by atoms with van der Waals surface area (Å²) in [5.41, 5.74) is 1.74. The van der Waals surface area contributed by atoms with Crippen molar-refractivity contribution in [2.45, 2.75) is 6.92 Å². The third-order valence-corrected chi connectivity index (χ3v) is 4.42. The van der Waals surface area contributed by atoms with E-state index < -0.39 is 0 Å². The number of rotatable bonds is 5. The molecule has 0 saturated carbocycles. The number of hydrogen-bond donors (Lipinski definition) is 1. The van der Waals surface area contributed by atoms with Crippen LogP contribution in [0.4, 0.5) is 0 Å². The van der Waals surface area contributed by atoms with E-state index in [0.29, 0.717) is 31.7 Å². The lowest BCUT2D eigenvalue weighted by molar-refractivity contribution is -0.122. The Morgan fingerprint density at radius 2 is 1.64 bits per heavy atom. The first-order valence-electron chi connectivity index (χ1n) is 8.69. The molecule has 1 N–H and O–H groups in total. The second-order valence-electron chi connectivity index (χ2n) is 6.16. The molecule has 6 nitrogen and oxygen atoms in total. The predicted octanol–water partition coefficient (Wildman–Crippen LogP) is 1.37. The quantitative estimate of drug-likeness (QED) is 0.894. The van der Waals surface area contributed by atoms with Crippen LogP contribution in [-0.2, 0) is 4.79 Å². The van der Waals surface area contributed by atoms with E-state index in [-0.39, 0.29) is 11.8 Å². The molecule has 0 bridgehead atoms. The van der Waals surface area contributed by atoms with E-state index in [1.165, 1.54) is 0 Å². The average Bonchev–Trinajstić information content (AvgIpc) is 3.17. The Balaban J connectivity index is 1.55. The van der Waals surface area contributed by atoms with Crippen LogP contribution >= 0.6 is 0 Å². The number of piperazine rings is 1. The summed E-state index contributed by atoms with van der Waals surface area (Å²) in [4.78, 5) is 28.2. The summed E-state index contributed by atoms with van der Waals surface area (Å²) >= 11 is 0. The number of benzene rings is 1. The van der Waals surface area contributed by atoms with E-state index in [1.807, 2.05) is 65.2 Å². The molecule has 1 aromatic heterocycles. The van der Waals surface area contributed by atoms with E-state index >= 15 is 0 Å². The monoisotopic (exact) mass is 340 g/mol. The highest BCUT2D eigenvalue weighted by molar-refractivity contribution is 5.94. The van der Waals surface area contributed by atoms with Gasteiger partial charge in [-0.3, -0.25) is 14.5 Å². The van der Waals surface area contributed by atoms with Crippen LogP contribution in [0, 0.1) is 0 Å². The molecule has 3 rings (SSSR count). The smallest absolute Gasteiger partial charge is 0.253 e. The zero-order valence-electron chi connectivity index (χ0n) is 14.5. The minimum atomic E-state index is 0.0443. The molecule has 0 atom stereocenters. The third-order valence-electron chi connectivity index (χ3n) is 4.42. The highest BCUT2D eigenvalue weighted by Crippen LogP contribution is 2.13. The van der Waals surface area contributed by atoms with Crippen molar-refractivity contribution in [2.24, 2.45) is 0 Å². The fourth-order valence-corrected chi connectivity index (χ4v) is 3.03. The fraction of sp³-hybridized carbons (Fsp3) is 0.368. The Morgan fingerprint density at radius 1 is 1.00 bits per heavy atom. The Bertz CT molecular complexity index is 702. The van der Waals surface area contributed by atoms with Crippen LogP contribution < -0.4 is 5.32 Å². The number of nitrogens with zero attached hydrogens (tertiary/aromatic N) is 3. The number of likely N-dealkylation sites (N-methyl/N-ethyl adjacent to an activating group) is 1. The molecule has 0 radical (unpaired) electrons. The summed E-state index contributed by atoms with van der Waals surface area (Å²) in [7, 11) is 0. The van der Waals surface area contributed by atoms with Gasteiger partial charge in [0.25, 0.3) is 5.91 Å². The maximum atomic E-state index is 12.7. The van der Waals surface area contributed by atoms with Gasteiger partial charge in [-0.15, -0.1) is 0 Å². The molecular weight excluding hydrogens is 316 g/mol. The molecule has 1 aliphatic rings. The molecule has 2 heterocycles. The fourth-order valence-electron chi connectivity index (χ4n) is 3.03. The van der Waals surface area contributed by atoms with Gasteiger partial charge in [0.05, 0.1) is 6.54 Å². The number of aromatic nitrogens is 1. The van der Waals surface area contributed by atoms with Crippen LogP contribution in [0.3, 0.4) is 0 Å². The molecule has 2 aromatic rings. The topological polar surface area (TPSA) is 57.6 Å². The molecule has 6 heteroatoms. The summed E-state index contributed by atoms with van der Waals surface area (Å²) in [6.07, 6.45) is 3.95. The van der Waals surface area contributed by atoms with Crippen molar-refractivity contribution in [1.82, 2.24) is 19.7 Å². The van der Waals surface area contributed by atoms with Crippen molar-refractivity contribution in [3.63, 3.8) is 0 Å². The maximum Gasteiger partial charge on any atom is 0.253 e. The van der Waals surface area contributed by atoms with Crippen LogP contribution in [0.5, 0.6) is 0 Å². The van der Waals surface area contributed by atoms with Gasteiger partial charge < -0.3 is 14.8 Å². The van der Waals surface area contributed by atoms with Crippen molar-refractivity contribution in [3.05, 3.63) is 54.4 Å². The molecule has 132 valence electrons. The Morgan fingerprint density at radius 3 is 2.24 bits per heavy atom. The van der Waals surface area contributed by atoms with E-state index in [1.54, 1.807) is 0 Å². The second kappa shape index (κ2) is 7.98. The third kappa shape index (κ3) is 4.28. The van der Waals surface area contributed by atoms with E-state index in [4.69, 9.17) is 0 Å². The van der Waals surface area contributed by atoms with Gasteiger partial charge >= 0.3 is 0 Å². The molecule has 0 aliphatic carbocycles. The molecular formula is C19H24N4O2. The number of hydrogen-bond acceptors (Lipinski definition) is 3. The highest BCUT2D eigenvalue weighted by atomic mass is 16.2. The molecule has 1 aliphatic heterocycles. The lowest BCUT2D eigenvalue weighted by Crippen LogP contribution is -2.51. The number of amides is 2. The summed E-state index contributed by atoms with van der Waals surface area (Å²) in [5.74, 6) is 0.0968. The molecule has 25 heavy (non-hydrogen) atoms. The van der Waals surface area contributed by atoms with Crippen molar-refractivity contribution in [3.8, 4) is 5.69 Å². The Kier molecular flexibility index (Phi) is 5.50. The van der Waals surface area contributed by atoms with Crippen molar-refractivity contribution in [1.29, 1.82) is 0 Å². The summed E-state index contributed by atoms with van der Waals surface area (Å²) < 4.78 is 2.01. The predicted molar refractivity (Wildman–Crippen MR) is 96.8 cm³/mol. The van der Waals surface area contributed by atoms with Crippen molar-refractivity contribution < 1.29 is 9.59 Å². The van der Waals surface area contributed by atoms with E-state index in [9.17, 15) is 9.59 Å². The summed E-state index contributed by atoms with van der Waals surface area (Å²) in [6.45, 7) is 5.72. The Labute approximate surface area is 148 Å². The number of carbonyl (C=O) groups excluding carboxylic acids is 2. The second-order valence-corrected chi connectivity index (χ2v) is 6.16. The standard InChI is InChI=1S/C19H24N4O2/c1-2-20-18(24)15-21-11-13-23(14-12-21)19(25)16-5-7-17(8-6-16)22-9-3-4-10-22/h3-10H,2,11-15H2,1H3,(H,20,24). The van der Waals surface area contributed by atoms with Crippen LogP contribution in [0.2, 0.25) is 0 Å². The lowest BCUT2D eigenvalue weighted by atomic mass is 10.1. The van der Waals surface area contributed by atoms with Crippen LogP contribution in [-0.4, -0.2) is 65.4 Å². The first kappa shape index (κ1) is 17.2. The van der Waals surface area contributed by atoms with Crippen molar-refractivity contribution >= 4 is 11.8 Å². The van der Waals surface area contributed by atoms with Gasteiger partial charge in [0.2, 0.25) is 5.91 Å². The van der Waals surface area contributed by atoms with Crippen molar-refractivity contribution in [2.75, 3.05) is 39.3 Å². The highest BCUT2D eigenvalue weighted by Gasteiger charge is 2.23. The average molecular weight is 340 g/mol. The Hall–Kier alpha value is -2.60. The first-order chi connectivity index (χ1) is 12.2. The molecule has 1 aromatic carbocycles. The summed E-state index contributed by atoms with van der Waals surface area (Å²) in [6, 6.07) is 11.6. The molecule has 2 amide bonds. The van der Waals surface area contributed by atoms with Crippen LogP contribution in [0.15, 0.2) is 48.8 Å². The number of carbonyl (C=O) groups is 2. The minimum Gasteiger partial charge on any atom is -0.355 e. The molecule has 0 spiro atoms. The molecule has 1 fully saturated rings. The molecule has 1 saturated heterocycles. The van der Waals surface area contributed by atoms with Crippen LogP contribution in [0.1, 0.15) is 17.3 Å². The van der Waals surface area contributed by atoms with Gasteiger partial charge in [-0.2, -0.15) is 0 Å². The summed E-state index contributed by atoms with van der Waals surface area (Å²) in [5, 5.41) is 2.81. The zero-order valence-corrected chi connectivity index (χ0v) is 14.5. The van der Waals surface area contributed by atoms with E-state index in [2.05, 4.69) is 10.2 Å². The lowest BCUT2D eigenvalue weighted by Gasteiger charge is -2.34. The van der Waals surface area contributed by atoms with Gasteiger partial charge in [-0.25, -0.2) is 0 Å². The van der Waals surface area contributed by atoms with Gasteiger partial charge in [-0.1, -0.05) is 0 Å². The van der Waals surface area contributed by atoms with Gasteiger partial charge in [0, 0.05) is 56.4 Å². The van der Waals surface area contributed by atoms with E-state index in [0.717, 1.165) is 18.8 Å². The minimum absolute atomic E-state index is 0.0443.